The maximum absolute atomic E-state index is 11.6. The van der Waals surface area contributed by atoms with E-state index in [-0.39, 0.29) is 5.75 Å². The molecule has 1 fully saturated rings. The highest BCUT2D eigenvalue weighted by Gasteiger charge is 2.11. The van der Waals surface area contributed by atoms with Crippen molar-refractivity contribution in [1.29, 1.82) is 0 Å². The number of ether oxygens (including phenoxy) is 1. The van der Waals surface area contributed by atoms with E-state index in [0.717, 1.165) is 45.8 Å². The predicted octanol–water partition coefficient (Wildman–Crippen LogP) is -0.762. The molecule has 1 saturated heterocycles. The Morgan fingerprint density at radius 1 is 1.22 bits per heavy atom. The Morgan fingerprint density at radius 2 is 1.94 bits per heavy atom. The van der Waals surface area contributed by atoms with Crippen molar-refractivity contribution in [1.82, 2.24) is 14.9 Å². The zero-order valence-corrected chi connectivity index (χ0v) is 12.0. The number of sulfonamides is 1. The molecule has 1 heterocycles. The molecule has 0 radical (unpaired) electrons. The predicted molar refractivity (Wildman–Crippen MR) is 72.2 cm³/mol. The largest absolute Gasteiger partial charge is 0.379 e. The Balaban J connectivity index is 2.05. The summed E-state index contributed by atoms with van der Waals surface area (Å²) in [5.41, 5.74) is 0. The van der Waals surface area contributed by atoms with Gasteiger partial charge in [-0.3, -0.25) is 4.90 Å². The molecule has 0 saturated carbocycles. The number of hydrogen-bond donors (Lipinski definition) is 2. The molecule has 0 aromatic heterocycles. The van der Waals surface area contributed by atoms with Crippen molar-refractivity contribution >= 4 is 10.0 Å². The highest BCUT2D eigenvalue weighted by molar-refractivity contribution is 7.89. The van der Waals surface area contributed by atoms with Crippen molar-refractivity contribution in [3.05, 3.63) is 0 Å². The highest BCUT2D eigenvalue weighted by Crippen LogP contribution is 1.97. The molecule has 0 amide bonds. The van der Waals surface area contributed by atoms with Crippen LogP contribution in [-0.4, -0.2) is 71.6 Å². The first kappa shape index (κ1) is 15.8. The molecule has 6 nitrogen and oxygen atoms in total. The van der Waals surface area contributed by atoms with Crippen LogP contribution in [0.15, 0.2) is 0 Å². The molecular weight excluding hydrogens is 254 g/mol. The fraction of sp³-hybridized carbons (Fsp3) is 1.00. The number of rotatable bonds is 9. The summed E-state index contributed by atoms with van der Waals surface area (Å²) in [5, 5.41) is 3.01. The third-order valence-electron chi connectivity index (χ3n) is 2.87. The molecule has 2 N–H and O–H groups in total. The normalized spacial score (nSPS) is 18.1. The van der Waals surface area contributed by atoms with Gasteiger partial charge in [0.05, 0.1) is 19.0 Å². The zero-order chi connectivity index (χ0) is 13.3. The second-order valence-electron chi connectivity index (χ2n) is 4.37. The number of nitrogens with one attached hydrogen (secondary N) is 2. The van der Waals surface area contributed by atoms with Gasteiger partial charge in [0.15, 0.2) is 0 Å². The van der Waals surface area contributed by atoms with Crippen molar-refractivity contribution in [2.75, 3.05) is 58.2 Å². The van der Waals surface area contributed by atoms with E-state index in [1.54, 1.807) is 0 Å². The first-order valence-electron chi connectivity index (χ1n) is 6.62. The first-order valence-corrected chi connectivity index (χ1v) is 8.27. The minimum atomic E-state index is -3.11. The molecule has 0 aromatic rings. The van der Waals surface area contributed by atoms with Gasteiger partial charge in [-0.25, -0.2) is 13.1 Å². The van der Waals surface area contributed by atoms with Crippen LogP contribution in [0.25, 0.3) is 0 Å². The van der Waals surface area contributed by atoms with Crippen molar-refractivity contribution in [3.8, 4) is 0 Å². The lowest BCUT2D eigenvalue weighted by Gasteiger charge is -2.26. The Bertz CT molecular complexity index is 303. The van der Waals surface area contributed by atoms with Gasteiger partial charge in [-0.1, -0.05) is 6.92 Å². The molecular formula is C11H25N3O3S. The van der Waals surface area contributed by atoms with Gasteiger partial charge in [-0.2, -0.15) is 0 Å². The van der Waals surface area contributed by atoms with E-state index in [2.05, 4.69) is 14.9 Å². The Morgan fingerprint density at radius 3 is 2.61 bits per heavy atom. The second-order valence-corrected chi connectivity index (χ2v) is 6.30. The average molecular weight is 279 g/mol. The lowest BCUT2D eigenvalue weighted by molar-refractivity contribution is 0.0376. The highest BCUT2D eigenvalue weighted by atomic mass is 32.2. The quantitative estimate of drug-likeness (QED) is 0.543. The van der Waals surface area contributed by atoms with Gasteiger partial charge in [0, 0.05) is 26.2 Å². The summed E-state index contributed by atoms with van der Waals surface area (Å²) in [4.78, 5) is 2.30. The van der Waals surface area contributed by atoms with Crippen LogP contribution in [0.2, 0.25) is 0 Å². The van der Waals surface area contributed by atoms with Gasteiger partial charge in [-0.05, 0) is 19.5 Å². The second kappa shape index (κ2) is 8.82. The SMILES string of the molecule is CCNCCS(=O)(=O)NCCCN1CCOCC1. The fourth-order valence-corrected chi connectivity index (χ4v) is 2.82. The number of hydrogen-bond acceptors (Lipinski definition) is 5. The molecule has 1 aliphatic heterocycles. The van der Waals surface area contributed by atoms with Crippen LogP contribution in [0.1, 0.15) is 13.3 Å². The van der Waals surface area contributed by atoms with Gasteiger partial charge < -0.3 is 10.1 Å². The first-order chi connectivity index (χ1) is 8.64. The van der Waals surface area contributed by atoms with Crippen LogP contribution in [0.3, 0.4) is 0 Å². The summed E-state index contributed by atoms with van der Waals surface area (Å²) in [6.45, 7) is 8.19. The van der Waals surface area contributed by atoms with Gasteiger partial charge in [0.1, 0.15) is 0 Å². The standard InChI is InChI=1S/C11H25N3O3S/c1-2-12-5-11-18(15,16)13-4-3-6-14-7-9-17-10-8-14/h12-13H,2-11H2,1H3. The van der Waals surface area contributed by atoms with Gasteiger partial charge in [-0.15, -0.1) is 0 Å². The summed E-state index contributed by atoms with van der Waals surface area (Å²) in [6.07, 6.45) is 0.848. The van der Waals surface area contributed by atoms with Crippen LogP contribution in [0, 0.1) is 0 Å². The lowest BCUT2D eigenvalue weighted by atomic mass is 10.3. The Labute approximate surface area is 110 Å². The molecule has 7 heteroatoms. The molecule has 108 valence electrons. The third kappa shape index (κ3) is 7.27. The van der Waals surface area contributed by atoms with E-state index in [9.17, 15) is 8.42 Å². The fourth-order valence-electron chi connectivity index (χ4n) is 1.81. The van der Waals surface area contributed by atoms with E-state index >= 15 is 0 Å². The van der Waals surface area contributed by atoms with Crippen LogP contribution in [0.5, 0.6) is 0 Å². The Hall–Kier alpha value is -0.210. The van der Waals surface area contributed by atoms with Gasteiger partial charge in [0.25, 0.3) is 0 Å². The van der Waals surface area contributed by atoms with E-state index < -0.39 is 10.0 Å². The van der Waals surface area contributed by atoms with Crippen LogP contribution in [0.4, 0.5) is 0 Å². The number of nitrogens with zero attached hydrogens (tertiary/aromatic N) is 1. The molecule has 1 aliphatic rings. The minimum Gasteiger partial charge on any atom is -0.379 e. The zero-order valence-electron chi connectivity index (χ0n) is 11.2. The topological polar surface area (TPSA) is 70.7 Å². The summed E-state index contributed by atoms with van der Waals surface area (Å²) in [7, 11) is -3.11. The lowest BCUT2D eigenvalue weighted by Crippen LogP contribution is -2.38. The van der Waals surface area contributed by atoms with Gasteiger partial charge >= 0.3 is 0 Å². The molecule has 1 rings (SSSR count). The average Bonchev–Trinajstić information content (AvgIpc) is 2.36. The minimum absolute atomic E-state index is 0.151. The van der Waals surface area contributed by atoms with Crippen LogP contribution >= 0.6 is 0 Å². The summed E-state index contributed by atoms with van der Waals surface area (Å²) in [6, 6.07) is 0. The summed E-state index contributed by atoms with van der Waals surface area (Å²) < 4.78 is 31.0. The summed E-state index contributed by atoms with van der Waals surface area (Å²) >= 11 is 0. The van der Waals surface area contributed by atoms with Gasteiger partial charge in [0.2, 0.25) is 10.0 Å². The van der Waals surface area contributed by atoms with Crippen LogP contribution in [-0.2, 0) is 14.8 Å². The molecule has 18 heavy (non-hydrogen) atoms. The third-order valence-corrected chi connectivity index (χ3v) is 4.26. The molecule has 0 aliphatic carbocycles. The van der Waals surface area contributed by atoms with E-state index in [1.807, 2.05) is 6.92 Å². The van der Waals surface area contributed by atoms with Crippen molar-refractivity contribution in [2.45, 2.75) is 13.3 Å². The molecule has 0 unspecified atom stereocenters. The Kier molecular flexibility index (Phi) is 7.76. The van der Waals surface area contributed by atoms with Crippen LogP contribution < -0.4 is 10.0 Å². The molecule has 0 atom stereocenters. The van der Waals surface area contributed by atoms with Crippen molar-refractivity contribution < 1.29 is 13.2 Å². The molecule has 0 bridgehead atoms. The maximum atomic E-state index is 11.6. The smallest absolute Gasteiger partial charge is 0.212 e. The van der Waals surface area contributed by atoms with E-state index in [1.165, 1.54) is 0 Å². The molecule has 0 aromatic carbocycles. The van der Waals surface area contributed by atoms with E-state index in [4.69, 9.17) is 4.74 Å². The monoisotopic (exact) mass is 279 g/mol. The van der Waals surface area contributed by atoms with E-state index in [0.29, 0.717) is 13.1 Å². The maximum Gasteiger partial charge on any atom is 0.212 e. The number of morpholine rings is 1. The molecule has 0 spiro atoms. The van der Waals surface area contributed by atoms with Crippen molar-refractivity contribution in [2.24, 2.45) is 0 Å². The van der Waals surface area contributed by atoms with Crippen molar-refractivity contribution in [3.63, 3.8) is 0 Å². The summed E-state index contributed by atoms with van der Waals surface area (Å²) in [5.74, 6) is 0.151.